The predicted octanol–water partition coefficient (Wildman–Crippen LogP) is 5.45. The molecule has 170 valence electrons. The predicted molar refractivity (Wildman–Crippen MR) is 133 cm³/mol. The maximum atomic E-state index is 12.3. The van der Waals surface area contributed by atoms with Gasteiger partial charge in [0.15, 0.2) is 0 Å². The van der Waals surface area contributed by atoms with Gasteiger partial charge in [0.05, 0.1) is 24.1 Å². The van der Waals surface area contributed by atoms with Gasteiger partial charge >= 0.3 is 0 Å². The second kappa shape index (κ2) is 11.5. The zero-order chi connectivity index (χ0) is 22.9. The Balaban J connectivity index is 1.29. The molecule has 33 heavy (non-hydrogen) atoms. The lowest BCUT2D eigenvalue weighted by Gasteiger charge is -2.11. The number of nitrogens with zero attached hydrogens (tertiary/aromatic N) is 2. The lowest BCUT2D eigenvalue weighted by atomic mass is 10.1. The minimum Gasteiger partial charge on any atom is -0.494 e. The summed E-state index contributed by atoms with van der Waals surface area (Å²) in [5.41, 5.74) is 3.06. The minimum atomic E-state index is -0.00181. The van der Waals surface area contributed by atoms with E-state index in [1.54, 1.807) is 12.1 Å². The van der Waals surface area contributed by atoms with Gasteiger partial charge < -0.3 is 14.6 Å². The van der Waals surface area contributed by atoms with Crippen LogP contribution in [0.1, 0.15) is 24.2 Å². The number of imidazole rings is 1. The van der Waals surface area contributed by atoms with E-state index in [1.807, 2.05) is 60.7 Å². The van der Waals surface area contributed by atoms with Crippen molar-refractivity contribution in [2.75, 3.05) is 13.2 Å². The van der Waals surface area contributed by atoms with Crippen LogP contribution in [0.4, 0.5) is 0 Å². The fraction of sp³-hybridized carbons (Fsp3) is 0.259. The molecule has 0 spiro atoms. The monoisotopic (exact) mass is 461 g/mol. The van der Waals surface area contributed by atoms with Gasteiger partial charge in [-0.05, 0) is 54.8 Å². The summed E-state index contributed by atoms with van der Waals surface area (Å²) in [6.07, 6.45) is 2.97. The molecule has 1 heterocycles. The first-order valence-electron chi connectivity index (χ1n) is 11.3. The molecule has 4 aromatic rings. The third-order valence-corrected chi connectivity index (χ3v) is 5.72. The summed E-state index contributed by atoms with van der Waals surface area (Å²) in [5, 5.41) is 3.69. The van der Waals surface area contributed by atoms with Gasteiger partial charge in [-0.15, -0.1) is 0 Å². The van der Waals surface area contributed by atoms with E-state index in [0.717, 1.165) is 47.6 Å². The van der Waals surface area contributed by atoms with Crippen molar-refractivity contribution in [3.8, 4) is 5.75 Å². The largest absolute Gasteiger partial charge is 0.494 e. The Morgan fingerprint density at radius 1 is 0.939 bits per heavy atom. The zero-order valence-electron chi connectivity index (χ0n) is 18.5. The SMILES string of the molecule is O=C(Cc1ccc(Cl)cc1)NCCc1nc2ccccc2n1CCCCOc1ccccc1. The molecule has 0 saturated heterocycles. The second-order valence-electron chi connectivity index (χ2n) is 7.94. The average molecular weight is 462 g/mol. The Labute approximate surface area is 199 Å². The van der Waals surface area contributed by atoms with Crippen LogP contribution < -0.4 is 10.1 Å². The molecule has 0 atom stereocenters. The van der Waals surface area contributed by atoms with Crippen LogP contribution in [0.15, 0.2) is 78.9 Å². The van der Waals surface area contributed by atoms with Crippen molar-refractivity contribution in [2.24, 2.45) is 0 Å². The number of rotatable bonds is 11. The fourth-order valence-corrected chi connectivity index (χ4v) is 3.93. The number of carbonyl (C=O) groups excluding carboxylic acids is 1. The van der Waals surface area contributed by atoms with Crippen LogP contribution in [0.5, 0.6) is 5.75 Å². The summed E-state index contributed by atoms with van der Waals surface area (Å²) in [6, 6.07) is 25.4. The van der Waals surface area contributed by atoms with E-state index in [-0.39, 0.29) is 5.91 Å². The lowest BCUT2D eigenvalue weighted by Crippen LogP contribution is -2.28. The molecule has 3 aromatic carbocycles. The van der Waals surface area contributed by atoms with Gasteiger partial charge in [0.2, 0.25) is 5.91 Å². The van der Waals surface area contributed by atoms with E-state index in [1.165, 1.54) is 0 Å². The third-order valence-electron chi connectivity index (χ3n) is 5.47. The summed E-state index contributed by atoms with van der Waals surface area (Å²) >= 11 is 5.91. The summed E-state index contributed by atoms with van der Waals surface area (Å²) in [6.45, 7) is 2.10. The van der Waals surface area contributed by atoms with Crippen molar-refractivity contribution >= 4 is 28.5 Å². The highest BCUT2D eigenvalue weighted by molar-refractivity contribution is 6.30. The molecular weight excluding hydrogens is 434 g/mol. The lowest BCUT2D eigenvalue weighted by molar-refractivity contribution is -0.120. The molecule has 0 saturated carbocycles. The van der Waals surface area contributed by atoms with E-state index in [9.17, 15) is 4.79 Å². The van der Waals surface area contributed by atoms with Crippen LogP contribution in [-0.4, -0.2) is 28.6 Å². The summed E-state index contributed by atoms with van der Waals surface area (Å²) in [5.74, 6) is 1.89. The van der Waals surface area contributed by atoms with Crippen molar-refractivity contribution in [3.05, 3.63) is 95.3 Å². The number of fused-ring (bicyclic) bond motifs is 1. The number of unbranched alkanes of at least 4 members (excludes halogenated alkanes) is 1. The maximum Gasteiger partial charge on any atom is 0.224 e. The Hall–Kier alpha value is -3.31. The van der Waals surface area contributed by atoms with Gasteiger partial charge in [-0.2, -0.15) is 0 Å². The van der Waals surface area contributed by atoms with Gasteiger partial charge in [-0.3, -0.25) is 4.79 Å². The third kappa shape index (κ3) is 6.59. The molecule has 1 amide bonds. The van der Waals surface area contributed by atoms with Crippen molar-refractivity contribution < 1.29 is 9.53 Å². The van der Waals surface area contributed by atoms with Crippen molar-refractivity contribution in [2.45, 2.75) is 32.2 Å². The van der Waals surface area contributed by atoms with E-state index in [2.05, 4.69) is 16.0 Å². The summed E-state index contributed by atoms with van der Waals surface area (Å²) in [7, 11) is 0. The molecule has 0 bridgehead atoms. The van der Waals surface area contributed by atoms with Gasteiger partial charge in [0, 0.05) is 24.5 Å². The highest BCUT2D eigenvalue weighted by Gasteiger charge is 2.11. The number of hydrogen-bond donors (Lipinski definition) is 1. The highest BCUT2D eigenvalue weighted by Crippen LogP contribution is 2.18. The number of benzene rings is 3. The fourth-order valence-electron chi connectivity index (χ4n) is 3.81. The van der Waals surface area contributed by atoms with E-state index < -0.39 is 0 Å². The Kier molecular flexibility index (Phi) is 7.99. The van der Waals surface area contributed by atoms with Crippen LogP contribution >= 0.6 is 11.6 Å². The first-order chi connectivity index (χ1) is 16.2. The Morgan fingerprint density at radius 2 is 1.70 bits per heavy atom. The number of ether oxygens (including phenoxy) is 1. The van der Waals surface area contributed by atoms with Gasteiger partial charge in [-0.1, -0.05) is 54.1 Å². The molecule has 0 fully saturated rings. The van der Waals surface area contributed by atoms with Crippen LogP contribution in [0.3, 0.4) is 0 Å². The molecule has 5 nitrogen and oxygen atoms in total. The maximum absolute atomic E-state index is 12.3. The van der Waals surface area contributed by atoms with Crippen molar-refractivity contribution in [3.63, 3.8) is 0 Å². The molecule has 6 heteroatoms. The van der Waals surface area contributed by atoms with E-state index >= 15 is 0 Å². The number of halogens is 1. The highest BCUT2D eigenvalue weighted by atomic mass is 35.5. The number of para-hydroxylation sites is 3. The number of aryl methyl sites for hydroxylation is 1. The molecule has 4 rings (SSSR count). The number of nitrogens with one attached hydrogen (secondary N) is 1. The normalized spacial score (nSPS) is 10.9. The minimum absolute atomic E-state index is 0.00181. The molecule has 0 aliphatic rings. The van der Waals surface area contributed by atoms with Gasteiger partial charge in [0.25, 0.3) is 0 Å². The first-order valence-corrected chi connectivity index (χ1v) is 11.7. The molecule has 1 N–H and O–H groups in total. The molecule has 0 unspecified atom stereocenters. The molecule has 0 aliphatic heterocycles. The number of amides is 1. The first kappa shape index (κ1) is 22.9. The van der Waals surface area contributed by atoms with Crippen molar-refractivity contribution in [1.82, 2.24) is 14.9 Å². The molecule has 1 aromatic heterocycles. The number of aromatic nitrogens is 2. The zero-order valence-corrected chi connectivity index (χ0v) is 19.3. The summed E-state index contributed by atoms with van der Waals surface area (Å²) in [4.78, 5) is 17.1. The Morgan fingerprint density at radius 3 is 2.52 bits per heavy atom. The number of hydrogen-bond acceptors (Lipinski definition) is 3. The molecular formula is C27H28ClN3O2. The van der Waals surface area contributed by atoms with Crippen LogP contribution in [0.25, 0.3) is 11.0 Å². The van der Waals surface area contributed by atoms with E-state index in [4.69, 9.17) is 21.3 Å². The quantitative estimate of drug-likeness (QED) is 0.302. The molecule has 0 aliphatic carbocycles. The van der Waals surface area contributed by atoms with Gasteiger partial charge in [-0.25, -0.2) is 4.98 Å². The molecule has 0 radical (unpaired) electrons. The topological polar surface area (TPSA) is 56.2 Å². The number of carbonyl (C=O) groups is 1. The standard InChI is InChI=1S/C27H28ClN3O2/c28-22-14-12-21(13-15-22)20-27(32)29-17-16-26-30-24-10-4-5-11-25(24)31(26)18-6-7-19-33-23-8-2-1-3-9-23/h1-5,8-15H,6-7,16-20H2,(H,29,32). The second-order valence-corrected chi connectivity index (χ2v) is 8.38. The Bertz CT molecular complexity index is 1170. The van der Waals surface area contributed by atoms with Crippen LogP contribution in [0, 0.1) is 0 Å². The van der Waals surface area contributed by atoms with Crippen LogP contribution in [-0.2, 0) is 24.2 Å². The summed E-state index contributed by atoms with van der Waals surface area (Å²) < 4.78 is 8.08. The average Bonchev–Trinajstić information content (AvgIpc) is 3.18. The van der Waals surface area contributed by atoms with E-state index in [0.29, 0.717) is 31.0 Å². The van der Waals surface area contributed by atoms with Crippen LogP contribution in [0.2, 0.25) is 5.02 Å². The smallest absolute Gasteiger partial charge is 0.224 e. The van der Waals surface area contributed by atoms with Crippen molar-refractivity contribution in [1.29, 1.82) is 0 Å². The van der Waals surface area contributed by atoms with Gasteiger partial charge in [0.1, 0.15) is 11.6 Å².